The molecule has 0 bridgehead atoms. The van der Waals surface area contributed by atoms with E-state index in [1.165, 1.54) is 0 Å². The first-order valence-electron chi connectivity index (χ1n) is 5.01. The zero-order chi connectivity index (χ0) is 12.3. The van der Waals surface area contributed by atoms with Gasteiger partial charge >= 0.3 is 0 Å². The molecular formula is C13H10Cl2N2. The van der Waals surface area contributed by atoms with Crippen LogP contribution in [0.15, 0.2) is 42.6 Å². The molecule has 0 radical (unpaired) electrons. The molecule has 0 atom stereocenters. The van der Waals surface area contributed by atoms with Gasteiger partial charge in [-0.1, -0.05) is 35.3 Å². The lowest BCUT2D eigenvalue weighted by Crippen LogP contribution is -1.98. The fraction of sp³-hybridized carbons (Fsp3) is 0. The Morgan fingerprint density at radius 1 is 1.06 bits per heavy atom. The van der Waals surface area contributed by atoms with E-state index in [0.717, 1.165) is 5.69 Å². The van der Waals surface area contributed by atoms with E-state index in [4.69, 9.17) is 28.9 Å². The quantitative estimate of drug-likeness (QED) is 0.895. The highest BCUT2D eigenvalue weighted by molar-refractivity contribution is 6.37. The minimum Gasteiger partial charge on any atom is -0.398 e. The van der Waals surface area contributed by atoms with E-state index >= 15 is 0 Å². The zero-order valence-electron chi connectivity index (χ0n) is 8.90. The Bertz CT molecular complexity index is 530. The van der Waals surface area contributed by atoms with E-state index in [1.54, 1.807) is 30.5 Å². The number of nitrogens with two attached hydrogens (primary N) is 1. The lowest BCUT2D eigenvalue weighted by atomic mass is 10.1. The highest BCUT2D eigenvalue weighted by atomic mass is 35.5. The van der Waals surface area contributed by atoms with Crippen LogP contribution in [0.3, 0.4) is 0 Å². The van der Waals surface area contributed by atoms with Gasteiger partial charge in [0.1, 0.15) is 0 Å². The van der Waals surface area contributed by atoms with Crippen LogP contribution in [0.1, 0.15) is 11.3 Å². The highest BCUT2D eigenvalue weighted by Crippen LogP contribution is 2.29. The number of nitrogens with zero attached hydrogens (tertiary/aromatic N) is 1. The second kappa shape index (κ2) is 5.21. The fourth-order valence-electron chi connectivity index (χ4n) is 1.47. The van der Waals surface area contributed by atoms with Gasteiger partial charge in [0.05, 0.1) is 15.7 Å². The van der Waals surface area contributed by atoms with Crippen LogP contribution in [-0.4, -0.2) is 4.98 Å². The van der Waals surface area contributed by atoms with Gasteiger partial charge in [-0.25, -0.2) is 0 Å². The summed E-state index contributed by atoms with van der Waals surface area (Å²) in [5.74, 6) is 0. The lowest BCUT2D eigenvalue weighted by Gasteiger charge is -2.06. The molecule has 1 aromatic carbocycles. The molecule has 17 heavy (non-hydrogen) atoms. The highest BCUT2D eigenvalue weighted by Gasteiger charge is 2.07. The SMILES string of the molecule is N/C(=C/c1ccccn1)c1c(Cl)cccc1Cl. The Morgan fingerprint density at radius 3 is 2.35 bits per heavy atom. The Hall–Kier alpha value is -1.51. The summed E-state index contributed by atoms with van der Waals surface area (Å²) >= 11 is 12.1. The average molecular weight is 265 g/mol. The van der Waals surface area contributed by atoms with Gasteiger partial charge in [0.2, 0.25) is 0 Å². The van der Waals surface area contributed by atoms with E-state index in [0.29, 0.717) is 21.3 Å². The van der Waals surface area contributed by atoms with E-state index < -0.39 is 0 Å². The maximum Gasteiger partial charge on any atom is 0.0650 e. The van der Waals surface area contributed by atoms with Crippen molar-refractivity contribution in [1.82, 2.24) is 4.98 Å². The molecule has 2 aromatic rings. The van der Waals surface area contributed by atoms with Crippen LogP contribution in [0.2, 0.25) is 10.0 Å². The Labute approximate surface area is 110 Å². The summed E-state index contributed by atoms with van der Waals surface area (Å²) in [7, 11) is 0. The average Bonchev–Trinajstić information content (AvgIpc) is 2.30. The van der Waals surface area contributed by atoms with Crippen LogP contribution in [0, 0.1) is 0 Å². The molecule has 2 rings (SSSR count). The van der Waals surface area contributed by atoms with Crippen LogP contribution in [0.4, 0.5) is 0 Å². The largest absolute Gasteiger partial charge is 0.398 e. The molecule has 0 saturated heterocycles. The number of benzene rings is 1. The number of pyridine rings is 1. The van der Waals surface area contributed by atoms with Crippen LogP contribution >= 0.6 is 23.2 Å². The van der Waals surface area contributed by atoms with Crippen molar-refractivity contribution in [3.8, 4) is 0 Å². The maximum atomic E-state index is 6.06. The summed E-state index contributed by atoms with van der Waals surface area (Å²) in [6.07, 6.45) is 3.44. The standard InChI is InChI=1S/C13H10Cl2N2/c14-10-5-3-6-11(15)13(10)12(16)8-9-4-1-2-7-17-9/h1-8H,16H2/b12-8+. The second-order valence-corrected chi connectivity index (χ2v) is 4.27. The molecule has 4 heteroatoms. The molecular weight excluding hydrogens is 255 g/mol. The summed E-state index contributed by atoms with van der Waals surface area (Å²) in [6, 6.07) is 10.9. The van der Waals surface area contributed by atoms with Crippen molar-refractivity contribution in [3.63, 3.8) is 0 Å². The van der Waals surface area contributed by atoms with Gasteiger partial charge in [-0.3, -0.25) is 4.98 Å². The van der Waals surface area contributed by atoms with E-state index in [1.807, 2.05) is 18.2 Å². The van der Waals surface area contributed by atoms with Crippen LogP contribution in [-0.2, 0) is 0 Å². The lowest BCUT2D eigenvalue weighted by molar-refractivity contribution is 1.29. The van der Waals surface area contributed by atoms with Gasteiger partial charge in [0.25, 0.3) is 0 Å². The Balaban J connectivity index is 2.44. The van der Waals surface area contributed by atoms with Gasteiger partial charge in [-0.2, -0.15) is 0 Å². The molecule has 0 amide bonds. The number of hydrogen-bond acceptors (Lipinski definition) is 2. The van der Waals surface area contributed by atoms with Crippen LogP contribution < -0.4 is 5.73 Å². The van der Waals surface area contributed by atoms with Crippen molar-refractivity contribution < 1.29 is 0 Å². The smallest absolute Gasteiger partial charge is 0.0650 e. The monoisotopic (exact) mass is 264 g/mol. The second-order valence-electron chi connectivity index (χ2n) is 3.45. The Morgan fingerprint density at radius 2 is 1.76 bits per heavy atom. The fourth-order valence-corrected chi connectivity index (χ4v) is 2.08. The maximum absolute atomic E-state index is 6.06. The van der Waals surface area contributed by atoms with Crippen LogP contribution in [0.5, 0.6) is 0 Å². The molecule has 2 nitrogen and oxygen atoms in total. The Kier molecular flexibility index (Phi) is 3.67. The normalized spacial score (nSPS) is 11.5. The van der Waals surface area contributed by atoms with Gasteiger partial charge in [0, 0.05) is 17.5 Å². The van der Waals surface area contributed by atoms with Crippen molar-refractivity contribution in [2.24, 2.45) is 5.73 Å². The first-order valence-corrected chi connectivity index (χ1v) is 5.76. The summed E-state index contributed by atoms with van der Waals surface area (Å²) in [4.78, 5) is 4.16. The first kappa shape index (κ1) is 12.0. The topological polar surface area (TPSA) is 38.9 Å². The van der Waals surface area contributed by atoms with Crippen molar-refractivity contribution in [3.05, 3.63) is 63.9 Å². The molecule has 0 unspecified atom stereocenters. The molecule has 1 heterocycles. The van der Waals surface area contributed by atoms with E-state index in [9.17, 15) is 0 Å². The van der Waals surface area contributed by atoms with Crippen molar-refractivity contribution in [2.45, 2.75) is 0 Å². The minimum absolute atomic E-state index is 0.499. The number of hydrogen-bond donors (Lipinski definition) is 1. The van der Waals surface area contributed by atoms with Crippen LogP contribution in [0.25, 0.3) is 11.8 Å². The molecule has 86 valence electrons. The molecule has 0 fully saturated rings. The van der Waals surface area contributed by atoms with E-state index in [-0.39, 0.29) is 0 Å². The third kappa shape index (κ3) is 2.78. The van der Waals surface area contributed by atoms with Gasteiger partial charge in [-0.15, -0.1) is 0 Å². The third-order valence-electron chi connectivity index (χ3n) is 2.24. The first-order chi connectivity index (χ1) is 8.18. The summed E-state index contributed by atoms with van der Waals surface area (Å²) in [6.45, 7) is 0. The van der Waals surface area contributed by atoms with Crippen molar-refractivity contribution in [1.29, 1.82) is 0 Å². The molecule has 0 aliphatic heterocycles. The predicted molar refractivity (Wildman–Crippen MR) is 72.8 cm³/mol. The molecule has 0 aliphatic carbocycles. The molecule has 1 aromatic heterocycles. The van der Waals surface area contributed by atoms with Gasteiger partial charge in [0.15, 0.2) is 0 Å². The summed E-state index contributed by atoms with van der Waals surface area (Å²) in [5, 5.41) is 1.06. The number of halogens is 2. The summed E-state index contributed by atoms with van der Waals surface area (Å²) < 4.78 is 0. The third-order valence-corrected chi connectivity index (χ3v) is 2.87. The number of rotatable bonds is 2. The van der Waals surface area contributed by atoms with Gasteiger partial charge < -0.3 is 5.73 Å². The molecule has 0 saturated carbocycles. The predicted octanol–water partition coefficient (Wildman–Crippen LogP) is 3.85. The van der Waals surface area contributed by atoms with E-state index in [2.05, 4.69) is 4.98 Å². The van der Waals surface area contributed by atoms with Crippen molar-refractivity contribution in [2.75, 3.05) is 0 Å². The van der Waals surface area contributed by atoms with Gasteiger partial charge in [-0.05, 0) is 30.3 Å². The summed E-state index contributed by atoms with van der Waals surface area (Å²) in [5.41, 5.74) is 7.89. The zero-order valence-corrected chi connectivity index (χ0v) is 10.4. The minimum atomic E-state index is 0.499. The molecule has 2 N–H and O–H groups in total. The molecule has 0 aliphatic rings. The molecule has 0 spiro atoms. The number of aromatic nitrogens is 1. The van der Waals surface area contributed by atoms with Crippen molar-refractivity contribution >= 4 is 35.0 Å².